The summed E-state index contributed by atoms with van der Waals surface area (Å²) in [6.07, 6.45) is 3.36. The Labute approximate surface area is 87.9 Å². The van der Waals surface area contributed by atoms with Gasteiger partial charge < -0.3 is 0 Å². The third kappa shape index (κ3) is 3.42. The third-order valence-electron chi connectivity index (χ3n) is 2.10. The maximum absolute atomic E-state index is 11.9. The SMILES string of the molecule is CC=C(C)S(=O)(=O)N(CCC)CCC. The summed E-state index contributed by atoms with van der Waals surface area (Å²) in [5, 5.41) is 0. The van der Waals surface area contributed by atoms with E-state index in [1.54, 1.807) is 24.2 Å². The van der Waals surface area contributed by atoms with Crippen LogP contribution >= 0.6 is 0 Å². The number of hydrogen-bond acceptors (Lipinski definition) is 2. The first-order chi connectivity index (χ1) is 6.50. The Kier molecular flexibility index (Phi) is 6.04. The van der Waals surface area contributed by atoms with Crippen LogP contribution in [0.3, 0.4) is 0 Å². The highest BCUT2D eigenvalue weighted by atomic mass is 32.2. The molecular formula is C10H21NO2S. The van der Waals surface area contributed by atoms with E-state index in [0.29, 0.717) is 18.0 Å². The zero-order valence-corrected chi connectivity index (χ0v) is 10.4. The van der Waals surface area contributed by atoms with Crippen molar-refractivity contribution in [2.45, 2.75) is 40.5 Å². The third-order valence-corrected chi connectivity index (χ3v) is 4.19. The lowest BCUT2D eigenvalue weighted by Crippen LogP contribution is -2.32. The molecule has 0 atom stereocenters. The van der Waals surface area contributed by atoms with E-state index in [1.165, 1.54) is 0 Å². The van der Waals surface area contributed by atoms with Crippen molar-refractivity contribution in [3.8, 4) is 0 Å². The molecule has 0 bridgehead atoms. The van der Waals surface area contributed by atoms with E-state index in [4.69, 9.17) is 0 Å². The summed E-state index contributed by atoms with van der Waals surface area (Å²) < 4.78 is 25.4. The Morgan fingerprint density at radius 1 is 1.21 bits per heavy atom. The summed E-state index contributed by atoms with van der Waals surface area (Å²) in [6, 6.07) is 0. The lowest BCUT2D eigenvalue weighted by atomic mass is 10.4. The van der Waals surface area contributed by atoms with Crippen LogP contribution < -0.4 is 0 Å². The van der Waals surface area contributed by atoms with Gasteiger partial charge in [-0.3, -0.25) is 0 Å². The standard InChI is InChI=1S/C10H21NO2S/c1-5-8-11(9-6-2)14(12,13)10(4)7-3/h7H,5-6,8-9H2,1-4H3. The Morgan fingerprint density at radius 3 is 1.93 bits per heavy atom. The van der Waals surface area contributed by atoms with Crippen LogP contribution in [0.2, 0.25) is 0 Å². The molecule has 0 spiro atoms. The van der Waals surface area contributed by atoms with Gasteiger partial charge in [-0.15, -0.1) is 0 Å². The lowest BCUT2D eigenvalue weighted by Gasteiger charge is -2.21. The van der Waals surface area contributed by atoms with Gasteiger partial charge in [0.05, 0.1) is 4.91 Å². The number of rotatable bonds is 6. The van der Waals surface area contributed by atoms with E-state index in [0.717, 1.165) is 12.8 Å². The molecule has 0 aromatic heterocycles. The average Bonchev–Trinajstić information content (AvgIpc) is 2.16. The highest BCUT2D eigenvalue weighted by Gasteiger charge is 2.21. The van der Waals surface area contributed by atoms with Gasteiger partial charge in [0.15, 0.2) is 0 Å². The van der Waals surface area contributed by atoms with Crippen LogP contribution in [0.15, 0.2) is 11.0 Å². The van der Waals surface area contributed by atoms with E-state index >= 15 is 0 Å². The van der Waals surface area contributed by atoms with E-state index < -0.39 is 10.0 Å². The Bertz CT molecular complexity index is 274. The molecule has 4 heteroatoms. The van der Waals surface area contributed by atoms with Crippen molar-refractivity contribution in [2.75, 3.05) is 13.1 Å². The Hall–Kier alpha value is -0.350. The molecule has 3 nitrogen and oxygen atoms in total. The van der Waals surface area contributed by atoms with Crippen LogP contribution in [-0.2, 0) is 10.0 Å². The highest BCUT2D eigenvalue weighted by Crippen LogP contribution is 2.13. The summed E-state index contributed by atoms with van der Waals surface area (Å²) in [4.78, 5) is 0.444. The predicted molar refractivity (Wildman–Crippen MR) is 60.5 cm³/mol. The molecule has 14 heavy (non-hydrogen) atoms. The summed E-state index contributed by atoms with van der Waals surface area (Å²) in [6.45, 7) is 8.60. The maximum Gasteiger partial charge on any atom is 0.238 e. The number of hydrogen-bond donors (Lipinski definition) is 0. The minimum Gasteiger partial charge on any atom is -0.207 e. The molecule has 0 saturated carbocycles. The van der Waals surface area contributed by atoms with E-state index in [-0.39, 0.29) is 0 Å². The molecule has 0 N–H and O–H groups in total. The van der Waals surface area contributed by atoms with Crippen LogP contribution in [0.5, 0.6) is 0 Å². The van der Waals surface area contributed by atoms with E-state index in [2.05, 4.69) is 0 Å². The molecule has 0 amide bonds. The summed E-state index contributed by atoms with van der Waals surface area (Å²) in [5.74, 6) is 0. The van der Waals surface area contributed by atoms with Crippen molar-refractivity contribution in [1.29, 1.82) is 0 Å². The molecule has 0 aliphatic heterocycles. The molecular weight excluding hydrogens is 198 g/mol. The molecule has 0 saturated heterocycles. The van der Waals surface area contributed by atoms with Crippen molar-refractivity contribution in [3.05, 3.63) is 11.0 Å². The Morgan fingerprint density at radius 2 is 1.64 bits per heavy atom. The first-order valence-electron chi connectivity index (χ1n) is 5.13. The fourth-order valence-corrected chi connectivity index (χ4v) is 2.75. The van der Waals surface area contributed by atoms with E-state index in [1.807, 2.05) is 13.8 Å². The smallest absolute Gasteiger partial charge is 0.207 e. The van der Waals surface area contributed by atoms with Gasteiger partial charge in [0.25, 0.3) is 0 Å². The van der Waals surface area contributed by atoms with Gasteiger partial charge in [-0.05, 0) is 26.7 Å². The molecule has 0 aliphatic carbocycles. The molecule has 0 aromatic carbocycles. The van der Waals surface area contributed by atoms with Gasteiger partial charge in [-0.25, -0.2) is 8.42 Å². The molecule has 84 valence electrons. The molecule has 0 unspecified atom stereocenters. The van der Waals surface area contributed by atoms with Crippen LogP contribution in [0.4, 0.5) is 0 Å². The minimum atomic E-state index is -3.18. The van der Waals surface area contributed by atoms with Crippen molar-refractivity contribution < 1.29 is 8.42 Å². The number of sulfonamides is 1. The minimum absolute atomic E-state index is 0.444. The monoisotopic (exact) mass is 219 g/mol. The van der Waals surface area contributed by atoms with Gasteiger partial charge in [-0.2, -0.15) is 4.31 Å². The second kappa shape index (κ2) is 6.19. The quantitative estimate of drug-likeness (QED) is 0.687. The predicted octanol–water partition coefficient (Wildman–Crippen LogP) is 2.36. The number of nitrogens with zero attached hydrogens (tertiary/aromatic N) is 1. The summed E-state index contributed by atoms with van der Waals surface area (Å²) in [5.41, 5.74) is 0. The second-order valence-electron chi connectivity index (χ2n) is 3.30. The van der Waals surface area contributed by atoms with Crippen LogP contribution in [0.25, 0.3) is 0 Å². The molecule has 0 radical (unpaired) electrons. The molecule has 0 rings (SSSR count). The fraction of sp³-hybridized carbons (Fsp3) is 0.800. The number of allylic oxidation sites excluding steroid dienone is 2. The van der Waals surface area contributed by atoms with Crippen molar-refractivity contribution in [2.24, 2.45) is 0 Å². The zero-order chi connectivity index (χ0) is 11.2. The van der Waals surface area contributed by atoms with Gasteiger partial charge in [-0.1, -0.05) is 19.9 Å². The topological polar surface area (TPSA) is 37.4 Å². The maximum atomic E-state index is 11.9. The average molecular weight is 219 g/mol. The van der Waals surface area contributed by atoms with Crippen molar-refractivity contribution >= 4 is 10.0 Å². The lowest BCUT2D eigenvalue weighted by molar-refractivity contribution is 0.414. The van der Waals surface area contributed by atoms with Crippen LogP contribution in [0, 0.1) is 0 Å². The van der Waals surface area contributed by atoms with Gasteiger partial charge >= 0.3 is 0 Å². The fourth-order valence-electron chi connectivity index (χ4n) is 1.20. The highest BCUT2D eigenvalue weighted by molar-refractivity contribution is 7.92. The molecule has 0 fully saturated rings. The first kappa shape index (κ1) is 13.7. The van der Waals surface area contributed by atoms with Gasteiger partial charge in [0.2, 0.25) is 10.0 Å². The molecule has 0 aliphatic rings. The van der Waals surface area contributed by atoms with Crippen LogP contribution in [0.1, 0.15) is 40.5 Å². The molecule has 0 heterocycles. The van der Waals surface area contributed by atoms with Gasteiger partial charge in [0.1, 0.15) is 0 Å². The van der Waals surface area contributed by atoms with E-state index in [9.17, 15) is 8.42 Å². The second-order valence-corrected chi connectivity index (χ2v) is 5.41. The first-order valence-corrected chi connectivity index (χ1v) is 6.57. The van der Waals surface area contributed by atoms with Crippen molar-refractivity contribution in [1.82, 2.24) is 4.31 Å². The van der Waals surface area contributed by atoms with Gasteiger partial charge in [0, 0.05) is 13.1 Å². The van der Waals surface area contributed by atoms with Crippen molar-refractivity contribution in [3.63, 3.8) is 0 Å². The Balaban J connectivity index is 4.81. The van der Waals surface area contributed by atoms with Crippen LogP contribution in [-0.4, -0.2) is 25.8 Å². The largest absolute Gasteiger partial charge is 0.238 e. The zero-order valence-electron chi connectivity index (χ0n) is 9.58. The summed E-state index contributed by atoms with van der Waals surface area (Å²) in [7, 11) is -3.18. The summed E-state index contributed by atoms with van der Waals surface area (Å²) >= 11 is 0. The normalized spacial score (nSPS) is 13.6. The molecule has 0 aromatic rings.